The van der Waals surface area contributed by atoms with Crippen molar-refractivity contribution in [2.45, 2.75) is 13.0 Å². The number of aromatic amines is 2. The highest BCUT2D eigenvalue weighted by molar-refractivity contribution is 5.90. The Balaban J connectivity index is 1.84. The van der Waals surface area contributed by atoms with E-state index in [0.717, 1.165) is 0 Å². The SMILES string of the molecule is O=C(CCn1c(=O)[nH]c(=O)c2ccccc21)Nc1cn[nH]c1. The predicted molar refractivity (Wildman–Crippen MR) is 80.7 cm³/mol. The van der Waals surface area contributed by atoms with Crippen LogP contribution >= 0.6 is 0 Å². The van der Waals surface area contributed by atoms with Crippen LogP contribution in [0.2, 0.25) is 0 Å². The fourth-order valence-corrected chi connectivity index (χ4v) is 2.22. The maximum atomic E-state index is 11.9. The number of nitrogens with one attached hydrogen (secondary N) is 3. The second-order valence-electron chi connectivity index (χ2n) is 4.71. The quantitative estimate of drug-likeness (QED) is 0.648. The molecule has 0 radical (unpaired) electrons. The highest BCUT2D eigenvalue weighted by Gasteiger charge is 2.09. The van der Waals surface area contributed by atoms with Crippen molar-refractivity contribution in [2.24, 2.45) is 0 Å². The minimum absolute atomic E-state index is 0.0983. The summed E-state index contributed by atoms with van der Waals surface area (Å²) in [6.45, 7) is 0.166. The molecule has 8 nitrogen and oxygen atoms in total. The molecule has 22 heavy (non-hydrogen) atoms. The summed E-state index contributed by atoms with van der Waals surface area (Å²) in [6, 6.07) is 6.77. The normalized spacial score (nSPS) is 10.7. The maximum Gasteiger partial charge on any atom is 0.328 e. The van der Waals surface area contributed by atoms with Gasteiger partial charge in [0.05, 0.1) is 22.8 Å². The minimum Gasteiger partial charge on any atom is -0.323 e. The molecule has 0 saturated heterocycles. The maximum absolute atomic E-state index is 11.9. The zero-order valence-electron chi connectivity index (χ0n) is 11.5. The van der Waals surface area contributed by atoms with Crippen molar-refractivity contribution in [1.82, 2.24) is 19.7 Å². The summed E-state index contributed by atoms with van der Waals surface area (Å²) in [7, 11) is 0. The third-order valence-corrected chi connectivity index (χ3v) is 3.25. The van der Waals surface area contributed by atoms with Crippen LogP contribution in [0.3, 0.4) is 0 Å². The number of aryl methyl sites for hydroxylation is 1. The van der Waals surface area contributed by atoms with Crippen LogP contribution in [0.4, 0.5) is 5.69 Å². The molecule has 2 aromatic heterocycles. The highest BCUT2D eigenvalue weighted by atomic mass is 16.2. The molecule has 0 aliphatic heterocycles. The van der Waals surface area contributed by atoms with Gasteiger partial charge in [0, 0.05) is 19.2 Å². The number of H-pyrrole nitrogens is 2. The minimum atomic E-state index is -0.528. The number of nitrogens with zero attached hydrogens (tertiary/aromatic N) is 2. The van der Waals surface area contributed by atoms with Crippen LogP contribution < -0.4 is 16.6 Å². The smallest absolute Gasteiger partial charge is 0.323 e. The molecule has 3 aromatic rings. The fraction of sp³-hybridized carbons (Fsp3) is 0.143. The molecule has 0 saturated carbocycles. The Bertz CT molecular complexity index is 924. The number of rotatable bonds is 4. The van der Waals surface area contributed by atoms with E-state index < -0.39 is 11.2 Å². The van der Waals surface area contributed by atoms with E-state index in [9.17, 15) is 14.4 Å². The number of fused-ring (bicyclic) bond motifs is 1. The molecular weight excluding hydrogens is 286 g/mol. The summed E-state index contributed by atoms with van der Waals surface area (Å²) in [5, 5.41) is 9.38. The molecule has 3 rings (SSSR count). The molecule has 0 spiro atoms. The first-order chi connectivity index (χ1) is 10.6. The molecule has 1 aromatic carbocycles. The Morgan fingerprint density at radius 2 is 2.09 bits per heavy atom. The molecule has 3 N–H and O–H groups in total. The Kier molecular flexibility index (Phi) is 3.57. The van der Waals surface area contributed by atoms with Crippen LogP contribution in [-0.2, 0) is 11.3 Å². The molecule has 0 unspecified atom stereocenters. The molecule has 112 valence electrons. The molecule has 2 heterocycles. The first-order valence-corrected chi connectivity index (χ1v) is 6.65. The summed E-state index contributed by atoms with van der Waals surface area (Å²) in [5.41, 5.74) is 0.107. The molecule has 0 bridgehead atoms. The number of carbonyl (C=O) groups excluding carboxylic acids is 1. The van der Waals surface area contributed by atoms with Crippen molar-refractivity contribution in [2.75, 3.05) is 5.32 Å². The van der Waals surface area contributed by atoms with Crippen molar-refractivity contribution < 1.29 is 4.79 Å². The van der Waals surface area contributed by atoms with Crippen molar-refractivity contribution in [3.05, 3.63) is 57.5 Å². The van der Waals surface area contributed by atoms with Gasteiger partial charge in [-0.25, -0.2) is 4.79 Å². The van der Waals surface area contributed by atoms with Crippen LogP contribution in [0.15, 0.2) is 46.2 Å². The Labute approximate surface area is 123 Å². The highest BCUT2D eigenvalue weighted by Crippen LogP contribution is 2.08. The number of anilines is 1. The molecule has 0 aliphatic carbocycles. The average Bonchev–Trinajstić information content (AvgIpc) is 3.00. The fourth-order valence-electron chi connectivity index (χ4n) is 2.22. The van der Waals surface area contributed by atoms with E-state index in [1.807, 2.05) is 0 Å². The summed E-state index contributed by atoms with van der Waals surface area (Å²) in [5.74, 6) is -0.247. The zero-order valence-corrected chi connectivity index (χ0v) is 11.5. The van der Waals surface area contributed by atoms with Crippen molar-refractivity contribution >= 4 is 22.5 Å². The van der Waals surface area contributed by atoms with Gasteiger partial charge in [0.15, 0.2) is 0 Å². The van der Waals surface area contributed by atoms with Crippen LogP contribution in [0.1, 0.15) is 6.42 Å². The van der Waals surface area contributed by atoms with Gasteiger partial charge in [-0.2, -0.15) is 5.10 Å². The van der Waals surface area contributed by atoms with Crippen molar-refractivity contribution in [1.29, 1.82) is 0 Å². The summed E-state index contributed by atoms with van der Waals surface area (Å²) in [6.07, 6.45) is 3.14. The van der Waals surface area contributed by atoms with Crippen LogP contribution in [0.5, 0.6) is 0 Å². The number of para-hydroxylation sites is 1. The lowest BCUT2D eigenvalue weighted by atomic mass is 10.2. The first kappa shape index (κ1) is 13.8. The van der Waals surface area contributed by atoms with Gasteiger partial charge < -0.3 is 5.32 Å². The molecule has 0 atom stereocenters. The molecule has 0 aliphatic rings. The van der Waals surface area contributed by atoms with E-state index >= 15 is 0 Å². The summed E-state index contributed by atoms with van der Waals surface area (Å²) >= 11 is 0. The van der Waals surface area contributed by atoms with Crippen LogP contribution in [-0.4, -0.2) is 25.7 Å². The molecule has 8 heteroatoms. The van der Waals surface area contributed by atoms with Gasteiger partial charge in [0.2, 0.25) is 5.91 Å². The predicted octanol–water partition coefficient (Wildman–Crippen LogP) is 0.442. The van der Waals surface area contributed by atoms with Crippen LogP contribution in [0, 0.1) is 0 Å². The second-order valence-corrected chi connectivity index (χ2v) is 4.71. The monoisotopic (exact) mass is 299 g/mol. The van der Waals surface area contributed by atoms with Crippen molar-refractivity contribution in [3.63, 3.8) is 0 Å². The zero-order chi connectivity index (χ0) is 15.5. The van der Waals surface area contributed by atoms with E-state index in [1.54, 1.807) is 30.5 Å². The number of carbonyl (C=O) groups is 1. The Morgan fingerprint density at radius 3 is 2.86 bits per heavy atom. The second kappa shape index (κ2) is 5.68. The van der Waals surface area contributed by atoms with E-state index in [1.165, 1.54) is 10.8 Å². The van der Waals surface area contributed by atoms with Gasteiger partial charge in [-0.05, 0) is 12.1 Å². The third kappa shape index (κ3) is 2.66. The topological polar surface area (TPSA) is 113 Å². The van der Waals surface area contributed by atoms with E-state index in [4.69, 9.17) is 0 Å². The van der Waals surface area contributed by atoms with Gasteiger partial charge in [0.1, 0.15) is 0 Å². The average molecular weight is 299 g/mol. The van der Waals surface area contributed by atoms with Gasteiger partial charge >= 0.3 is 5.69 Å². The van der Waals surface area contributed by atoms with Gasteiger partial charge in [-0.1, -0.05) is 12.1 Å². The lowest BCUT2D eigenvalue weighted by Gasteiger charge is -2.09. The standard InChI is InChI=1S/C14H13N5O3/c20-12(17-9-7-15-16-8-9)5-6-19-11-4-2-1-3-10(11)13(21)18-14(19)22/h1-4,7-8H,5-6H2,(H,15,16)(H,17,20)(H,18,21,22). The van der Waals surface area contributed by atoms with Gasteiger partial charge in [-0.3, -0.25) is 24.2 Å². The largest absolute Gasteiger partial charge is 0.328 e. The van der Waals surface area contributed by atoms with E-state index in [0.29, 0.717) is 16.6 Å². The Hall–Kier alpha value is -3.16. The summed E-state index contributed by atoms with van der Waals surface area (Å²) in [4.78, 5) is 37.8. The number of benzene rings is 1. The number of aromatic nitrogens is 4. The third-order valence-electron chi connectivity index (χ3n) is 3.25. The lowest BCUT2D eigenvalue weighted by Crippen LogP contribution is -2.31. The lowest BCUT2D eigenvalue weighted by molar-refractivity contribution is -0.116. The number of amides is 1. The van der Waals surface area contributed by atoms with E-state index in [-0.39, 0.29) is 18.9 Å². The number of hydrogen-bond donors (Lipinski definition) is 3. The first-order valence-electron chi connectivity index (χ1n) is 6.65. The van der Waals surface area contributed by atoms with E-state index in [2.05, 4.69) is 20.5 Å². The van der Waals surface area contributed by atoms with Gasteiger partial charge in [-0.15, -0.1) is 0 Å². The molecule has 1 amide bonds. The number of hydrogen-bond acceptors (Lipinski definition) is 4. The van der Waals surface area contributed by atoms with Crippen molar-refractivity contribution in [3.8, 4) is 0 Å². The van der Waals surface area contributed by atoms with Gasteiger partial charge in [0.25, 0.3) is 5.56 Å². The summed E-state index contributed by atoms with van der Waals surface area (Å²) < 4.78 is 1.38. The Morgan fingerprint density at radius 1 is 1.27 bits per heavy atom. The molecule has 0 fully saturated rings. The van der Waals surface area contributed by atoms with Crippen LogP contribution in [0.25, 0.3) is 10.9 Å². The molecular formula is C14H13N5O3.